The standard InChI is InChI=1S/C19H21NO5/c1-12-8-13(2)10-14(9-12)18(19(22)23)20-17(21)11-25-16-6-4-15(24-3)5-7-16/h4-10,18H,11H2,1-3H3,(H,20,21)(H,22,23). The van der Waals surface area contributed by atoms with Crippen LogP contribution in [0.3, 0.4) is 0 Å². The second-order valence-electron chi connectivity index (χ2n) is 5.72. The molecule has 2 N–H and O–H groups in total. The first-order chi connectivity index (χ1) is 11.9. The molecule has 25 heavy (non-hydrogen) atoms. The molecule has 0 saturated carbocycles. The highest BCUT2D eigenvalue weighted by molar-refractivity contribution is 5.85. The summed E-state index contributed by atoms with van der Waals surface area (Å²) in [5.41, 5.74) is 2.40. The highest BCUT2D eigenvalue weighted by atomic mass is 16.5. The Hall–Kier alpha value is -3.02. The molecule has 2 rings (SSSR count). The third kappa shape index (κ3) is 5.24. The lowest BCUT2D eigenvalue weighted by Gasteiger charge is -2.16. The van der Waals surface area contributed by atoms with Crippen molar-refractivity contribution in [3.8, 4) is 11.5 Å². The van der Waals surface area contributed by atoms with E-state index in [1.807, 2.05) is 19.9 Å². The molecular weight excluding hydrogens is 322 g/mol. The van der Waals surface area contributed by atoms with Crippen molar-refractivity contribution in [1.82, 2.24) is 5.32 Å². The van der Waals surface area contributed by atoms with E-state index in [1.165, 1.54) is 0 Å². The van der Waals surface area contributed by atoms with Gasteiger partial charge in [-0.15, -0.1) is 0 Å². The monoisotopic (exact) mass is 343 g/mol. The van der Waals surface area contributed by atoms with Gasteiger partial charge in [0, 0.05) is 0 Å². The van der Waals surface area contributed by atoms with Crippen molar-refractivity contribution in [2.45, 2.75) is 19.9 Å². The molecule has 6 nitrogen and oxygen atoms in total. The fourth-order valence-electron chi connectivity index (χ4n) is 2.49. The molecule has 1 atom stereocenters. The van der Waals surface area contributed by atoms with Crippen molar-refractivity contribution in [2.75, 3.05) is 13.7 Å². The first-order valence-electron chi connectivity index (χ1n) is 7.76. The molecular formula is C19H21NO5. The summed E-state index contributed by atoms with van der Waals surface area (Å²) >= 11 is 0. The highest BCUT2D eigenvalue weighted by Gasteiger charge is 2.22. The van der Waals surface area contributed by atoms with Crippen LogP contribution in [0.15, 0.2) is 42.5 Å². The van der Waals surface area contributed by atoms with E-state index in [0.29, 0.717) is 17.1 Å². The lowest BCUT2D eigenvalue weighted by molar-refractivity contribution is -0.142. The molecule has 0 saturated heterocycles. The number of methoxy groups -OCH3 is 1. The van der Waals surface area contributed by atoms with Crippen LogP contribution in [0.4, 0.5) is 0 Å². The Morgan fingerprint density at radius 1 is 1.04 bits per heavy atom. The smallest absolute Gasteiger partial charge is 0.330 e. The van der Waals surface area contributed by atoms with E-state index in [-0.39, 0.29) is 6.61 Å². The van der Waals surface area contributed by atoms with E-state index in [9.17, 15) is 14.7 Å². The van der Waals surface area contributed by atoms with Gasteiger partial charge in [-0.3, -0.25) is 4.79 Å². The molecule has 6 heteroatoms. The van der Waals surface area contributed by atoms with Crippen LogP contribution in [0.2, 0.25) is 0 Å². The first kappa shape index (κ1) is 18.3. The van der Waals surface area contributed by atoms with Crippen LogP contribution in [0.5, 0.6) is 11.5 Å². The fourth-order valence-corrected chi connectivity index (χ4v) is 2.49. The number of carbonyl (C=O) groups is 2. The van der Waals surface area contributed by atoms with E-state index >= 15 is 0 Å². The van der Waals surface area contributed by atoms with Gasteiger partial charge in [0.15, 0.2) is 12.6 Å². The van der Waals surface area contributed by atoms with Crippen molar-refractivity contribution >= 4 is 11.9 Å². The summed E-state index contributed by atoms with van der Waals surface area (Å²) in [6.07, 6.45) is 0. The van der Waals surface area contributed by atoms with Crippen molar-refractivity contribution in [3.05, 3.63) is 59.2 Å². The number of carbonyl (C=O) groups excluding carboxylic acids is 1. The van der Waals surface area contributed by atoms with E-state index < -0.39 is 17.9 Å². The molecule has 0 aliphatic rings. The summed E-state index contributed by atoms with van der Waals surface area (Å²) in [7, 11) is 1.56. The largest absolute Gasteiger partial charge is 0.497 e. The van der Waals surface area contributed by atoms with Crippen LogP contribution >= 0.6 is 0 Å². The van der Waals surface area contributed by atoms with Crippen molar-refractivity contribution in [1.29, 1.82) is 0 Å². The number of ether oxygens (including phenoxy) is 2. The minimum Gasteiger partial charge on any atom is -0.497 e. The van der Waals surface area contributed by atoms with E-state index in [4.69, 9.17) is 9.47 Å². The number of aliphatic carboxylic acids is 1. The van der Waals surface area contributed by atoms with Gasteiger partial charge < -0.3 is 19.9 Å². The van der Waals surface area contributed by atoms with Crippen molar-refractivity contribution in [3.63, 3.8) is 0 Å². The maximum absolute atomic E-state index is 12.1. The van der Waals surface area contributed by atoms with Gasteiger partial charge in [0.05, 0.1) is 7.11 Å². The maximum atomic E-state index is 12.1. The van der Waals surface area contributed by atoms with E-state index in [1.54, 1.807) is 43.5 Å². The second kappa shape index (κ2) is 8.19. The molecule has 0 bridgehead atoms. The van der Waals surface area contributed by atoms with Gasteiger partial charge in [-0.1, -0.05) is 29.3 Å². The number of hydrogen-bond acceptors (Lipinski definition) is 4. The minimum atomic E-state index is -1.12. The zero-order valence-electron chi connectivity index (χ0n) is 14.4. The van der Waals surface area contributed by atoms with E-state index in [0.717, 1.165) is 11.1 Å². The van der Waals surface area contributed by atoms with Crippen LogP contribution in [0.25, 0.3) is 0 Å². The van der Waals surface area contributed by atoms with Gasteiger partial charge in [-0.05, 0) is 43.7 Å². The Kier molecular flexibility index (Phi) is 6.00. The molecule has 0 aliphatic heterocycles. The van der Waals surface area contributed by atoms with Crippen molar-refractivity contribution in [2.24, 2.45) is 0 Å². The quantitative estimate of drug-likeness (QED) is 0.807. The molecule has 0 aromatic heterocycles. The number of rotatable bonds is 7. The third-order valence-corrected chi connectivity index (χ3v) is 3.56. The highest BCUT2D eigenvalue weighted by Crippen LogP contribution is 2.19. The number of carboxylic acid groups (broad SMARTS) is 1. The van der Waals surface area contributed by atoms with Crippen LogP contribution < -0.4 is 14.8 Å². The van der Waals surface area contributed by atoms with Gasteiger partial charge in [0.25, 0.3) is 5.91 Å². The fraction of sp³-hybridized carbons (Fsp3) is 0.263. The molecule has 2 aromatic rings. The third-order valence-electron chi connectivity index (χ3n) is 3.56. The predicted molar refractivity (Wildman–Crippen MR) is 92.9 cm³/mol. The van der Waals surface area contributed by atoms with Crippen LogP contribution in [-0.2, 0) is 9.59 Å². The summed E-state index contributed by atoms with van der Waals surface area (Å²) in [5.74, 6) is -0.461. The molecule has 0 fully saturated rings. The van der Waals surface area contributed by atoms with Gasteiger partial charge in [0.1, 0.15) is 11.5 Å². The van der Waals surface area contributed by atoms with Gasteiger partial charge in [0.2, 0.25) is 0 Å². The summed E-state index contributed by atoms with van der Waals surface area (Å²) in [4.78, 5) is 23.6. The van der Waals surface area contributed by atoms with Gasteiger partial charge >= 0.3 is 5.97 Å². The molecule has 132 valence electrons. The average Bonchev–Trinajstić information content (AvgIpc) is 2.57. The van der Waals surface area contributed by atoms with E-state index in [2.05, 4.69) is 5.32 Å². The van der Waals surface area contributed by atoms with Crippen LogP contribution in [0, 0.1) is 13.8 Å². The normalized spacial score (nSPS) is 11.5. The number of benzene rings is 2. The number of nitrogens with one attached hydrogen (secondary N) is 1. The maximum Gasteiger partial charge on any atom is 0.330 e. The number of hydrogen-bond donors (Lipinski definition) is 2. The molecule has 1 amide bonds. The van der Waals surface area contributed by atoms with Crippen LogP contribution in [-0.4, -0.2) is 30.7 Å². The summed E-state index contributed by atoms with van der Waals surface area (Å²) in [6.45, 7) is 3.48. The number of amides is 1. The zero-order valence-corrected chi connectivity index (χ0v) is 14.4. The molecule has 0 spiro atoms. The SMILES string of the molecule is COc1ccc(OCC(=O)NC(C(=O)O)c2cc(C)cc(C)c2)cc1. The Balaban J connectivity index is 2.01. The Bertz CT molecular complexity index is 735. The second-order valence-corrected chi connectivity index (χ2v) is 5.72. The topological polar surface area (TPSA) is 84.9 Å². The zero-order chi connectivity index (χ0) is 18.4. The van der Waals surface area contributed by atoms with Gasteiger partial charge in [-0.25, -0.2) is 4.79 Å². The summed E-state index contributed by atoms with van der Waals surface area (Å²) < 4.78 is 10.4. The molecule has 2 aromatic carbocycles. The first-order valence-corrected chi connectivity index (χ1v) is 7.76. The number of carboxylic acids is 1. The Labute approximate surface area is 146 Å². The molecule has 0 radical (unpaired) electrons. The van der Waals surface area contributed by atoms with Crippen molar-refractivity contribution < 1.29 is 24.2 Å². The molecule has 0 aliphatic carbocycles. The van der Waals surface area contributed by atoms with Gasteiger partial charge in [-0.2, -0.15) is 0 Å². The predicted octanol–water partition coefficient (Wildman–Crippen LogP) is 2.63. The molecule has 0 heterocycles. The lowest BCUT2D eigenvalue weighted by atomic mass is 10.0. The number of aryl methyl sites for hydroxylation is 2. The Morgan fingerprint density at radius 3 is 2.12 bits per heavy atom. The Morgan fingerprint density at radius 2 is 1.60 bits per heavy atom. The average molecular weight is 343 g/mol. The van der Waals surface area contributed by atoms with Crippen LogP contribution in [0.1, 0.15) is 22.7 Å². The molecule has 1 unspecified atom stereocenters. The summed E-state index contributed by atoms with van der Waals surface area (Å²) in [6, 6.07) is 11.1. The lowest BCUT2D eigenvalue weighted by Crippen LogP contribution is -2.36. The minimum absolute atomic E-state index is 0.277. The summed E-state index contributed by atoms with van der Waals surface area (Å²) in [5, 5.41) is 11.9.